The van der Waals surface area contributed by atoms with Gasteiger partial charge in [0.1, 0.15) is 11.6 Å². The molecule has 3 heterocycles. The van der Waals surface area contributed by atoms with Crippen molar-refractivity contribution in [2.45, 2.75) is 25.4 Å². The highest BCUT2D eigenvalue weighted by Crippen LogP contribution is 2.36. The molecule has 3 aromatic carbocycles. The third-order valence-electron chi connectivity index (χ3n) is 7.28. The van der Waals surface area contributed by atoms with Gasteiger partial charge in [-0.1, -0.05) is 23.7 Å². The van der Waals surface area contributed by atoms with Gasteiger partial charge in [0.05, 0.1) is 36.2 Å². The van der Waals surface area contributed by atoms with Gasteiger partial charge >= 0.3 is 5.97 Å². The monoisotopic (exact) mass is 586 g/mol. The first-order valence-electron chi connectivity index (χ1n) is 13.5. The van der Waals surface area contributed by atoms with E-state index in [1.807, 2.05) is 6.07 Å². The molecule has 0 radical (unpaired) electrons. The van der Waals surface area contributed by atoms with Crippen molar-refractivity contribution in [3.8, 4) is 17.0 Å². The summed E-state index contributed by atoms with van der Waals surface area (Å²) in [5, 5.41) is 5.34. The van der Waals surface area contributed by atoms with Crippen molar-refractivity contribution >= 4 is 34.9 Å². The van der Waals surface area contributed by atoms with Crippen LogP contribution in [0.2, 0.25) is 5.02 Å². The minimum Gasteiger partial charge on any atom is -0.496 e. The summed E-state index contributed by atoms with van der Waals surface area (Å²) in [6.07, 6.45) is 3.28. The lowest BCUT2D eigenvalue weighted by Gasteiger charge is -2.28. The molecule has 1 fully saturated rings. The zero-order chi connectivity index (χ0) is 29.2. The third-order valence-corrected chi connectivity index (χ3v) is 7.52. The topological polar surface area (TPSA) is 115 Å². The number of carbonyl (C=O) groups excluding carboxylic acids is 1. The van der Waals surface area contributed by atoms with Crippen LogP contribution in [-0.4, -0.2) is 53.0 Å². The summed E-state index contributed by atoms with van der Waals surface area (Å²) in [6, 6.07) is 17.1. The van der Waals surface area contributed by atoms with E-state index < -0.39 is 11.8 Å². The van der Waals surface area contributed by atoms with Gasteiger partial charge in [-0.3, -0.25) is 4.99 Å². The van der Waals surface area contributed by atoms with Gasteiger partial charge < -0.3 is 20.6 Å². The molecule has 0 aliphatic carbocycles. The first kappa shape index (κ1) is 27.8. The Kier molecular flexibility index (Phi) is 7.84. The van der Waals surface area contributed by atoms with E-state index in [4.69, 9.17) is 36.9 Å². The van der Waals surface area contributed by atoms with Gasteiger partial charge in [-0.05, 0) is 61.4 Å². The number of aromatic nitrogens is 2. The number of piperidine rings is 1. The van der Waals surface area contributed by atoms with Crippen molar-refractivity contribution in [3.63, 3.8) is 0 Å². The summed E-state index contributed by atoms with van der Waals surface area (Å²) in [6.45, 7) is 1.48. The Morgan fingerprint density at radius 2 is 1.88 bits per heavy atom. The summed E-state index contributed by atoms with van der Waals surface area (Å²) in [5.74, 6) is -0.158. The number of benzene rings is 3. The Bertz CT molecular complexity index is 1670. The van der Waals surface area contributed by atoms with Gasteiger partial charge in [-0.15, -0.1) is 5.06 Å². The fourth-order valence-corrected chi connectivity index (χ4v) is 5.23. The van der Waals surface area contributed by atoms with E-state index in [1.54, 1.807) is 59.8 Å². The van der Waals surface area contributed by atoms with Crippen molar-refractivity contribution in [2.75, 3.05) is 25.5 Å². The smallest absolute Gasteiger partial charge is 0.357 e. The fraction of sp³-hybridized carbons (Fsp3) is 0.226. The molecule has 1 aromatic heterocycles. The lowest BCUT2D eigenvalue weighted by Crippen LogP contribution is -2.40. The van der Waals surface area contributed by atoms with Crippen LogP contribution in [0, 0.1) is 5.82 Å². The second-order valence-corrected chi connectivity index (χ2v) is 10.5. The number of methoxy groups -OCH3 is 1. The largest absolute Gasteiger partial charge is 0.496 e. The molecule has 0 unspecified atom stereocenters. The second kappa shape index (κ2) is 11.8. The van der Waals surface area contributed by atoms with Crippen LogP contribution in [0.25, 0.3) is 11.3 Å². The van der Waals surface area contributed by atoms with Gasteiger partial charge in [0.2, 0.25) is 5.95 Å². The molecule has 4 aromatic rings. The van der Waals surface area contributed by atoms with Crippen LogP contribution >= 0.6 is 11.6 Å². The summed E-state index contributed by atoms with van der Waals surface area (Å²) in [4.78, 5) is 32.1. The van der Waals surface area contributed by atoms with Crippen molar-refractivity contribution in [1.82, 2.24) is 15.0 Å². The Morgan fingerprint density at radius 3 is 2.64 bits per heavy atom. The van der Waals surface area contributed by atoms with E-state index in [0.29, 0.717) is 58.0 Å². The Balaban J connectivity index is 1.26. The molecule has 0 atom stereocenters. The maximum atomic E-state index is 15.1. The minimum absolute atomic E-state index is 0.150. The summed E-state index contributed by atoms with van der Waals surface area (Å²) >= 11 is 6.39. The van der Waals surface area contributed by atoms with E-state index in [1.165, 1.54) is 13.2 Å². The molecule has 6 rings (SSSR count). The van der Waals surface area contributed by atoms with E-state index in [-0.39, 0.29) is 18.2 Å². The molecule has 214 valence electrons. The van der Waals surface area contributed by atoms with Crippen LogP contribution in [0.1, 0.15) is 39.9 Å². The van der Waals surface area contributed by atoms with Crippen LogP contribution < -0.4 is 15.8 Å². The van der Waals surface area contributed by atoms with Crippen LogP contribution in [0.4, 0.5) is 16.0 Å². The van der Waals surface area contributed by atoms with Crippen molar-refractivity contribution < 1.29 is 18.8 Å². The molecular weight excluding hydrogens is 559 g/mol. The molecule has 2 aliphatic heterocycles. The number of rotatable bonds is 6. The predicted molar refractivity (Wildman–Crippen MR) is 159 cm³/mol. The van der Waals surface area contributed by atoms with E-state index in [0.717, 1.165) is 24.0 Å². The highest BCUT2D eigenvalue weighted by Gasteiger charge is 2.26. The normalized spacial score (nSPS) is 15.2. The van der Waals surface area contributed by atoms with Crippen LogP contribution in [0.15, 0.2) is 71.9 Å². The van der Waals surface area contributed by atoms with E-state index in [9.17, 15) is 4.79 Å². The average molecular weight is 587 g/mol. The average Bonchev–Trinajstić information content (AvgIpc) is 3.14. The van der Waals surface area contributed by atoms with Gasteiger partial charge in [0.15, 0.2) is 0 Å². The number of carbonyl (C=O) groups is 1. The van der Waals surface area contributed by atoms with Crippen LogP contribution in [0.3, 0.4) is 0 Å². The minimum atomic E-state index is -0.453. The summed E-state index contributed by atoms with van der Waals surface area (Å²) in [5.41, 5.74) is 10.5. The van der Waals surface area contributed by atoms with Gasteiger partial charge in [0, 0.05) is 52.7 Å². The maximum Gasteiger partial charge on any atom is 0.357 e. The van der Waals surface area contributed by atoms with Crippen LogP contribution in [-0.2, 0) is 11.4 Å². The highest BCUT2D eigenvalue weighted by molar-refractivity contribution is 6.31. The van der Waals surface area contributed by atoms with E-state index in [2.05, 4.69) is 10.3 Å². The fourth-order valence-electron chi connectivity index (χ4n) is 5.06. The molecule has 0 spiro atoms. The quantitative estimate of drug-likeness (QED) is 0.303. The van der Waals surface area contributed by atoms with Crippen molar-refractivity contribution in [2.24, 2.45) is 10.7 Å². The lowest BCUT2D eigenvalue weighted by molar-refractivity contribution is -0.121. The highest BCUT2D eigenvalue weighted by atomic mass is 35.5. The van der Waals surface area contributed by atoms with Crippen LogP contribution in [0.5, 0.6) is 5.75 Å². The lowest BCUT2D eigenvalue weighted by atomic mass is 9.94. The number of nitrogens with two attached hydrogens (primary N) is 1. The SMILES string of the molecule is COc1cccc(F)c1C1=NCc2cnc(Nc3ccc(C(=O)ON4CCC(N)CC4)cc3)nc2-c2ccc(Cl)cc21. The third kappa shape index (κ3) is 5.69. The number of fused-ring (bicyclic) bond motifs is 3. The predicted octanol–water partition coefficient (Wildman–Crippen LogP) is 5.53. The number of halogens is 2. The number of hydrogen-bond donors (Lipinski definition) is 2. The number of nitrogens with one attached hydrogen (secondary N) is 1. The first-order valence-corrected chi connectivity index (χ1v) is 13.9. The molecule has 0 saturated carbocycles. The number of hydroxylamine groups is 2. The molecule has 2 aliphatic rings. The molecule has 0 amide bonds. The van der Waals surface area contributed by atoms with Crippen molar-refractivity contribution in [3.05, 3.63) is 100.0 Å². The standard InChI is InChI=1S/C31H28ClFN6O3/c1-41-26-4-2-3-25(33)27(26)29-24-15-20(32)7-10-23(24)28-19(16-35-29)17-36-31(38-28)37-22-8-5-18(6-9-22)30(40)42-39-13-11-21(34)12-14-39/h2-10,15,17,21H,11-14,16,34H2,1H3,(H,36,37,38). The Hall–Kier alpha value is -4.38. The number of ether oxygens (including phenoxy) is 1. The molecule has 9 nitrogen and oxygen atoms in total. The van der Waals surface area contributed by atoms with Crippen molar-refractivity contribution in [1.29, 1.82) is 0 Å². The first-order chi connectivity index (χ1) is 20.4. The second-order valence-electron chi connectivity index (χ2n) is 10.1. The molecule has 1 saturated heterocycles. The van der Waals surface area contributed by atoms with Gasteiger partial charge in [-0.25, -0.2) is 19.2 Å². The van der Waals surface area contributed by atoms with Gasteiger partial charge in [-0.2, -0.15) is 0 Å². The molecular formula is C31H28ClFN6O3. The van der Waals surface area contributed by atoms with Gasteiger partial charge in [0.25, 0.3) is 0 Å². The summed E-state index contributed by atoms with van der Waals surface area (Å²) < 4.78 is 20.6. The molecule has 0 bridgehead atoms. The molecule has 3 N–H and O–H groups in total. The zero-order valence-corrected chi connectivity index (χ0v) is 23.6. The maximum absolute atomic E-state index is 15.1. The molecule has 11 heteroatoms. The number of hydrogen-bond acceptors (Lipinski definition) is 9. The Morgan fingerprint density at radius 1 is 1.10 bits per heavy atom. The zero-order valence-electron chi connectivity index (χ0n) is 22.8. The number of nitrogens with zero attached hydrogens (tertiary/aromatic N) is 4. The Labute approximate surface area is 247 Å². The molecule has 42 heavy (non-hydrogen) atoms. The van der Waals surface area contributed by atoms with E-state index >= 15 is 4.39 Å². The number of anilines is 2. The number of aliphatic imine (C=N–C) groups is 1. The summed E-state index contributed by atoms with van der Waals surface area (Å²) in [7, 11) is 1.49.